The van der Waals surface area contributed by atoms with Crippen molar-refractivity contribution < 1.29 is 24.2 Å². The van der Waals surface area contributed by atoms with Crippen LogP contribution < -0.4 is 10.1 Å². The Balaban J connectivity index is 2.54. The maximum absolute atomic E-state index is 11.7. The number of ether oxygens (including phenoxy) is 2. The lowest BCUT2D eigenvalue weighted by atomic mass is 10.2. The Bertz CT molecular complexity index is 542. The van der Waals surface area contributed by atoms with Crippen molar-refractivity contribution in [1.82, 2.24) is 5.32 Å². The lowest BCUT2D eigenvalue weighted by Crippen LogP contribution is -2.44. The lowest BCUT2D eigenvalue weighted by Gasteiger charge is -2.22. The van der Waals surface area contributed by atoms with Crippen molar-refractivity contribution in [2.45, 2.75) is 38.2 Å². The molecule has 6 nitrogen and oxygen atoms in total. The second kappa shape index (κ2) is 8.67. The zero-order valence-electron chi connectivity index (χ0n) is 13.8. The van der Waals surface area contributed by atoms with E-state index >= 15 is 0 Å². The van der Waals surface area contributed by atoms with Gasteiger partial charge in [-0.3, -0.25) is 0 Å². The maximum Gasteiger partial charge on any atom is 0.408 e. The molecule has 23 heavy (non-hydrogen) atoms. The number of carboxylic acids is 1. The number of hydrogen-bond acceptors (Lipinski definition) is 5. The summed E-state index contributed by atoms with van der Waals surface area (Å²) in [6.07, 6.45) is -0.734. The van der Waals surface area contributed by atoms with Crippen LogP contribution in [0.3, 0.4) is 0 Å². The lowest BCUT2D eigenvalue weighted by molar-refractivity contribution is -0.138. The summed E-state index contributed by atoms with van der Waals surface area (Å²) in [4.78, 5) is 22.9. The van der Waals surface area contributed by atoms with Gasteiger partial charge in [-0.05, 0) is 26.8 Å². The number of thioether (sulfide) groups is 1. The van der Waals surface area contributed by atoms with Gasteiger partial charge in [0.15, 0.2) is 0 Å². The topological polar surface area (TPSA) is 84.9 Å². The summed E-state index contributed by atoms with van der Waals surface area (Å²) < 4.78 is 10.3. The molecule has 1 atom stereocenters. The molecule has 0 saturated carbocycles. The van der Waals surface area contributed by atoms with Gasteiger partial charge in [0.25, 0.3) is 0 Å². The van der Waals surface area contributed by atoms with E-state index in [0.717, 1.165) is 11.3 Å². The molecule has 0 spiro atoms. The van der Waals surface area contributed by atoms with Crippen LogP contribution in [0, 0.1) is 0 Å². The van der Waals surface area contributed by atoms with Gasteiger partial charge in [-0.25, -0.2) is 9.59 Å². The number of benzene rings is 1. The molecule has 0 saturated heterocycles. The van der Waals surface area contributed by atoms with Crippen LogP contribution in [0.2, 0.25) is 0 Å². The minimum Gasteiger partial charge on any atom is -0.496 e. The predicted octanol–water partition coefficient (Wildman–Crippen LogP) is 2.91. The number of carbonyl (C=O) groups excluding carboxylic acids is 1. The molecule has 1 aromatic rings. The van der Waals surface area contributed by atoms with E-state index in [1.54, 1.807) is 27.9 Å². The van der Waals surface area contributed by atoms with Gasteiger partial charge in [0.2, 0.25) is 0 Å². The Hall–Kier alpha value is -1.89. The maximum atomic E-state index is 11.7. The van der Waals surface area contributed by atoms with E-state index in [4.69, 9.17) is 9.47 Å². The van der Waals surface area contributed by atoms with Gasteiger partial charge in [-0.2, -0.15) is 11.8 Å². The zero-order chi connectivity index (χ0) is 17.5. The quantitative estimate of drug-likeness (QED) is 0.793. The highest BCUT2D eigenvalue weighted by atomic mass is 32.2. The van der Waals surface area contributed by atoms with Gasteiger partial charge in [-0.15, -0.1) is 0 Å². The summed E-state index contributed by atoms with van der Waals surface area (Å²) in [6, 6.07) is 6.53. The highest BCUT2D eigenvalue weighted by molar-refractivity contribution is 7.98. The fourth-order valence-electron chi connectivity index (χ4n) is 1.73. The van der Waals surface area contributed by atoms with E-state index < -0.39 is 23.7 Å². The van der Waals surface area contributed by atoms with Gasteiger partial charge in [0.05, 0.1) is 7.11 Å². The molecule has 1 aromatic carbocycles. The highest BCUT2D eigenvalue weighted by Gasteiger charge is 2.23. The largest absolute Gasteiger partial charge is 0.496 e. The SMILES string of the molecule is COc1ccccc1CSC[C@@H](NC(=O)OC(C)(C)C)C(=O)O. The standard InChI is InChI=1S/C16H23NO5S/c1-16(2,3)22-15(20)17-12(14(18)19)10-23-9-11-7-5-6-8-13(11)21-4/h5-8,12H,9-10H2,1-4H3,(H,17,20)(H,18,19)/t12-/m1/s1. The van der Waals surface area contributed by atoms with Crippen molar-refractivity contribution in [2.75, 3.05) is 12.9 Å². The molecule has 1 rings (SSSR count). The molecule has 0 unspecified atom stereocenters. The number of rotatable bonds is 7. The van der Waals surface area contributed by atoms with Crippen LogP contribution >= 0.6 is 11.8 Å². The van der Waals surface area contributed by atoms with Crippen molar-refractivity contribution in [3.63, 3.8) is 0 Å². The van der Waals surface area contributed by atoms with Crippen LogP contribution in [0.25, 0.3) is 0 Å². The number of nitrogens with one attached hydrogen (secondary N) is 1. The van der Waals surface area contributed by atoms with Crippen molar-refractivity contribution in [3.8, 4) is 5.75 Å². The summed E-state index contributed by atoms with van der Waals surface area (Å²) in [5.74, 6) is 0.478. The van der Waals surface area contributed by atoms with Crippen molar-refractivity contribution in [3.05, 3.63) is 29.8 Å². The number of hydrogen-bond donors (Lipinski definition) is 2. The third-order valence-electron chi connectivity index (χ3n) is 2.72. The molecule has 0 aliphatic heterocycles. The second-order valence-electron chi connectivity index (χ2n) is 5.86. The minimum absolute atomic E-state index is 0.229. The van der Waals surface area contributed by atoms with Gasteiger partial charge >= 0.3 is 12.1 Å². The van der Waals surface area contributed by atoms with Crippen LogP contribution in [0.15, 0.2) is 24.3 Å². The molecule has 2 N–H and O–H groups in total. The van der Waals surface area contributed by atoms with Crippen LogP contribution in [0.5, 0.6) is 5.75 Å². The smallest absolute Gasteiger partial charge is 0.408 e. The number of amides is 1. The predicted molar refractivity (Wildman–Crippen MR) is 89.9 cm³/mol. The molecule has 0 bridgehead atoms. The third-order valence-corrected chi connectivity index (χ3v) is 3.81. The summed E-state index contributed by atoms with van der Waals surface area (Å²) >= 11 is 1.40. The average molecular weight is 341 g/mol. The Morgan fingerprint density at radius 1 is 1.30 bits per heavy atom. The fraction of sp³-hybridized carbons (Fsp3) is 0.500. The first-order valence-electron chi connectivity index (χ1n) is 7.15. The first-order chi connectivity index (χ1) is 10.7. The molecule has 0 heterocycles. The molecule has 128 valence electrons. The number of alkyl carbamates (subject to hydrolysis) is 1. The molecule has 0 aliphatic carbocycles. The van der Waals surface area contributed by atoms with Crippen LogP contribution in [0.1, 0.15) is 26.3 Å². The van der Waals surface area contributed by atoms with E-state index in [-0.39, 0.29) is 5.75 Å². The van der Waals surface area contributed by atoms with E-state index in [2.05, 4.69) is 5.32 Å². The van der Waals surface area contributed by atoms with E-state index in [0.29, 0.717) is 5.75 Å². The zero-order valence-corrected chi connectivity index (χ0v) is 14.6. The molecular formula is C16H23NO5S. The number of para-hydroxylation sites is 1. The summed E-state index contributed by atoms with van der Waals surface area (Å²) in [7, 11) is 1.59. The van der Waals surface area contributed by atoms with Gasteiger partial charge < -0.3 is 19.9 Å². The normalized spacial score (nSPS) is 12.3. The average Bonchev–Trinajstić information content (AvgIpc) is 2.44. The summed E-state index contributed by atoms with van der Waals surface area (Å²) in [6.45, 7) is 5.16. The Kier molecular flexibility index (Phi) is 7.22. The number of methoxy groups -OCH3 is 1. The third kappa shape index (κ3) is 7.27. The molecule has 0 fully saturated rings. The first kappa shape index (κ1) is 19.2. The molecule has 1 amide bonds. The van der Waals surface area contributed by atoms with Crippen molar-refractivity contribution in [2.24, 2.45) is 0 Å². The molecule has 0 radical (unpaired) electrons. The fourth-order valence-corrected chi connectivity index (χ4v) is 2.77. The van der Waals surface area contributed by atoms with E-state index in [1.165, 1.54) is 11.8 Å². The molecule has 7 heteroatoms. The number of aliphatic carboxylic acids is 1. The van der Waals surface area contributed by atoms with E-state index in [9.17, 15) is 14.7 Å². The summed E-state index contributed by atoms with van der Waals surface area (Å²) in [5, 5.41) is 11.6. The minimum atomic E-state index is -1.09. The van der Waals surface area contributed by atoms with Crippen LogP contribution in [-0.4, -0.2) is 41.7 Å². The van der Waals surface area contributed by atoms with Gasteiger partial charge in [0.1, 0.15) is 17.4 Å². The van der Waals surface area contributed by atoms with Gasteiger partial charge in [0, 0.05) is 17.1 Å². The Morgan fingerprint density at radius 3 is 2.52 bits per heavy atom. The highest BCUT2D eigenvalue weighted by Crippen LogP contribution is 2.23. The Labute approximate surface area is 140 Å². The Morgan fingerprint density at radius 2 is 1.96 bits per heavy atom. The molecule has 0 aliphatic rings. The van der Waals surface area contributed by atoms with Crippen molar-refractivity contribution >= 4 is 23.8 Å². The molecular weight excluding hydrogens is 318 g/mol. The van der Waals surface area contributed by atoms with Gasteiger partial charge in [-0.1, -0.05) is 18.2 Å². The van der Waals surface area contributed by atoms with Crippen LogP contribution in [0.4, 0.5) is 4.79 Å². The van der Waals surface area contributed by atoms with Crippen LogP contribution in [-0.2, 0) is 15.3 Å². The second-order valence-corrected chi connectivity index (χ2v) is 6.89. The van der Waals surface area contributed by atoms with E-state index in [1.807, 2.05) is 24.3 Å². The van der Waals surface area contributed by atoms with Crippen molar-refractivity contribution in [1.29, 1.82) is 0 Å². The summed E-state index contributed by atoms with van der Waals surface area (Å²) in [5.41, 5.74) is 0.305. The number of carboxylic acid groups (broad SMARTS) is 1. The molecule has 0 aromatic heterocycles. The monoisotopic (exact) mass is 341 g/mol. The number of carbonyl (C=O) groups is 2. The first-order valence-corrected chi connectivity index (χ1v) is 8.30.